The van der Waals surface area contributed by atoms with Gasteiger partial charge in [-0.3, -0.25) is 9.48 Å². The molecule has 4 rings (SSSR count). The molecule has 0 saturated carbocycles. The summed E-state index contributed by atoms with van der Waals surface area (Å²) in [5, 5.41) is 14.0. The summed E-state index contributed by atoms with van der Waals surface area (Å²) in [4.78, 5) is 26.3. The Morgan fingerprint density at radius 3 is 2.31 bits per heavy atom. The maximum absolute atomic E-state index is 13.0. The van der Waals surface area contributed by atoms with Crippen LogP contribution in [0.2, 0.25) is 0 Å². The van der Waals surface area contributed by atoms with E-state index in [1.54, 1.807) is 32.2 Å². The normalized spacial score (nSPS) is 12.4. The molecule has 1 atom stereocenters. The first-order chi connectivity index (χ1) is 18.4. The molecule has 4 aromatic rings. The molecule has 11 nitrogen and oxygen atoms in total. The second kappa shape index (κ2) is 10.7. The minimum atomic E-state index is -4.50. The summed E-state index contributed by atoms with van der Waals surface area (Å²) < 4.78 is 51.0. The maximum atomic E-state index is 13.0. The summed E-state index contributed by atoms with van der Waals surface area (Å²) in [7, 11) is 4.54. The van der Waals surface area contributed by atoms with Gasteiger partial charge in [-0.15, -0.1) is 0 Å². The van der Waals surface area contributed by atoms with Crippen molar-refractivity contribution >= 4 is 5.82 Å². The number of methoxy groups -OCH3 is 2. The SMILES string of the molecule is COc1cc(OC)cc(-c2nc(-c3nc(-c4cn(CC(O)CC(F)(F)F)nc4C)cnc3N)cn(C)c2=O)c1. The quantitative estimate of drug-likeness (QED) is 0.342. The number of aromatic nitrogens is 6. The van der Waals surface area contributed by atoms with Crippen LogP contribution in [0.4, 0.5) is 19.0 Å². The largest absolute Gasteiger partial charge is 0.497 e. The van der Waals surface area contributed by atoms with Crippen molar-refractivity contribution in [2.24, 2.45) is 7.05 Å². The summed E-state index contributed by atoms with van der Waals surface area (Å²) >= 11 is 0. The predicted octanol–water partition coefficient (Wildman–Crippen LogP) is 2.99. The van der Waals surface area contributed by atoms with Crippen molar-refractivity contribution in [3.63, 3.8) is 0 Å². The molecular weight excluding hydrogens is 519 g/mol. The first kappa shape index (κ1) is 27.6. The van der Waals surface area contributed by atoms with E-state index in [2.05, 4.69) is 20.1 Å². The lowest BCUT2D eigenvalue weighted by Gasteiger charge is -2.12. The third kappa shape index (κ3) is 6.17. The predicted molar refractivity (Wildman–Crippen MR) is 136 cm³/mol. The van der Waals surface area contributed by atoms with Crippen LogP contribution in [0.1, 0.15) is 12.1 Å². The molecule has 0 bridgehead atoms. The molecule has 0 aliphatic carbocycles. The van der Waals surface area contributed by atoms with Crippen LogP contribution < -0.4 is 20.8 Å². The highest BCUT2D eigenvalue weighted by Crippen LogP contribution is 2.30. The number of benzene rings is 1. The van der Waals surface area contributed by atoms with E-state index in [1.807, 2.05) is 0 Å². The van der Waals surface area contributed by atoms with Crippen LogP contribution in [0, 0.1) is 6.92 Å². The Bertz CT molecular complexity index is 1540. The summed E-state index contributed by atoms with van der Waals surface area (Å²) in [6, 6.07) is 4.95. The number of rotatable bonds is 8. The molecule has 3 heterocycles. The maximum Gasteiger partial charge on any atom is 0.391 e. The molecule has 0 amide bonds. The summed E-state index contributed by atoms with van der Waals surface area (Å²) in [6.45, 7) is 1.30. The average Bonchev–Trinajstić information content (AvgIpc) is 3.23. The summed E-state index contributed by atoms with van der Waals surface area (Å²) in [6.07, 6.45) is -3.17. The lowest BCUT2D eigenvalue weighted by molar-refractivity contribution is -0.154. The van der Waals surface area contributed by atoms with Gasteiger partial charge in [0.2, 0.25) is 0 Å². The van der Waals surface area contributed by atoms with Gasteiger partial charge in [0.25, 0.3) is 5.56 Å². The molecule has 14 heteroatoms. The van der Waals surface area contributed by atoms with Crippen LogP contribution in [0.15, 0.2) is 41.6 Å². The highest BCUT2D eigenvalue weighted by Gasteiger charge is 2.31. The zero-order valence-electron chi connectivity index (χ0n) is 21.5. The number of hydrogen-bond acceptors (Lipinski definition) is 9. The highest BCUT2D eigenvalue weighted by atomic mass is 19.4. The summed E-state index contributed by atoms with van der Waals surface area (Å²) in [5.74, 6) is 0.977. The minimum absolute atomic E-state index is 0.0460. The van der Waals surface area contributed by atoms with Gasteiger partial charge in [0, 0.05) is 36.6 Å². The second-order valence-electron chi connectivity index (χ2n) is 8.80. The van der Waals surface area contributed by atoms with Crippen LogP contribution >= 0.6 is 0 Å². The molecule has 3 N–H and O–H groups in total. The van der Waals surface area contributed by atoms with Gasteiger partial charge in [0.1, 0.15) is 28.6 Å². The smallest absolute Gasteiger partial charge is 0.391 e. The van der Waals surface area contributed by atoms with E-state index in [0.717, 1.165) is 0 Å². The molecule has 206 valence electrons. The number of nitrogens with two attached hydrogens (primary N) is 1. The van der Waals surface area contributed by atoms with Gasteiger partial charge in [-0.2, -0.15) is 18.3 Å². The van der Waals surface area contributed by atoms with Crippen LogP contribution in [0.5, 0.6) is 11.5 Å². The van der Waals surface area contributed by atoms with E-state index in [0.29, 0.717) is 34.0 Å². The van der Waals surface area contributed by atoms with Crippen LogP contribution in [0.25, 0.3) is 33.9 Å². The fourth-order valence-electron chi connectivity index (χ4n) is 3.98. The standard InChI is InChI=1S/C25H26F3N7O4/c1-13-18(11-35(33-13)10-15(36)8-25(26,27)28)19-9-30-23(29)22(31-19)20-12-34(2)24(37)21(32-20)14-5-16(38-3)7-17(6-14)39-4/h5-7,9,11-12,15,36H,8,10H2,1-4H3,(H2,29,30). The number of ether oxygens (including phenoxy) is 2. The Morgan fingerprint density at radius 2 is 1.69 bits per heavy atom. The lowest BCUT2D eigenvalue weighted by Crippen LogP contribution is -2.24. The molecule has 0 radical (unpaired) electrons. The number of halogens is 3. The van der Waals surface area contributed by atoms with Gasteiger partial charge >= 0.3 is 6.18 Å². The van der Waals surface area contributed by atoms with E-state index < -0.39 is 18.7 Å². The zero-order chi connectivity index (χ0) is 28.5. The van der Waals surface area contributed by atoms with Crippen molar-refractivity contribution < 1.29 is 27.8 Å². The number of alkyl halides is 3. The van der Waals surface area contributed by atoms with Crippen molar-refractivity contribution in [3.05, 3.63) is 52.8 Å². The molecular formula is C25H26F3N7O4. The third-order valence-electron chi connectivity index (χ3n) is 5.83. The topological polar surface area (TPSA) is 143 Å². The van der Waals surface area contributed by atoms with E-state index in [-0.39, 0.29) is 35.0 Å². The molecule has 39 heavy (non-hydrogen) atoms. The number of aryl methyl sites for hydroxylation is 2. The fraction of sp³-hybridized carbons (Fsp3) is 0.320. The van der Waals surface area contributed by atoms with Crippen LogP contribution in [-0.4, -0.2) is 60.9 Å². The van der Waals surface area contributed by atoms with Gasteiger partial charge in [0.15, 0.2) is 5.82 Å². The van der Waals surface area contributed by atoms with Gasteiger partial charge in [-0.25, -0.2) is 15.0 Å². The van der Waals surface area contributed by atoms with E-state index in [4.69, 9.17) is 15.2 Å². The molecule has 0 aliphatic heterocycles. The molecule has 1 aromatic carbocycles. The summed E-state index contributed by atoms with van der Waals surface area (Å²) in [5.41, 5.74) is 8.00. The van der Waals surface area contributed by atoms with Gasteiger partial charge < -0.3 is 24.9 Å². The number of anilines is 1. The minimum Gasteiger partial charge on any atom is -0.497 e. The van der Waals surface area contributed by atoms with E-state index in [1.165, 1.54) is 42.1 Å². The first-order valence-corrected chi connectivity index (χ1v) is 11.6. The van der Waals surface area contributed by atoms with E-state index in [9.17, 15) is 23.1 Å². The molecule has 0 fully saturated rings. The van der Waals surface area contributed by atoms with Gasteiger partial charge in [0.05, 0.1) is 50.9 Å². The number of aliphatic hydroxyl groups is 1. The Labute approximate surface area is 220 Å². The Balaban J connectivity index is 1.75. The van der Waals surface area contributed by atoms with Crippen molar-refractivity contribution in [2.75, 3.05) is 20.0 Å². The van der Waals surface area contributed by atoms with Crippen molar-refractivity contribution in [1.29, 1.82) is 0 Å². The number of aliphatic hydroxyl groups excluding tert-OH is 1. The average molecular weight is 546 g/mol. The Morgan fingerprint density at radius 1 is 1.05 bits per heavy atom. The van der Waals surface area contributed by atoms with Crippen molar-refractivity contribution in [2.45, 2.75) is 32.2 Å². The van der Waals surface area contributed by atoms with E-state index >= 15 is 0 Å². The molecule has 0 saturated heterocycles. The fourth-order valence-corrected chi connectivity index (χ4v) is 3.98. The van der Waals surface area contributed by atoms with Crippen molar-refractivity contribution in [3.8, 4) is 45.4 Å². The Kier molecular flexibility index (Phi) is 7.58. The first-order valence-electron chi connectivity index (χ1n) is 11.6. The Hall–Kier alpha value is -4.46. The molecule has 1 unspecified atom stereocenters. The lowest BCUT2D eigenvalue weighted by atomic mass is 10.1. The highest BCUT2D eigenvalue weighted by molar-refractivity contribution is 5.73. The number of nitrogen functional groups attached to an aromatic ring is 1. The van der Waals surface area contributed by atoms with Crippen molar-refractivity contribution in [1.82, 2.24) is 29.3 Å². The molecule has 0 spiro atoms. The third-order valence-corrected chi connectivity index (χ3v) is 5.83. The molecule has 0 aliphatic rings. The second-order valence-corrected chi connectivity index (χ2v) is 8.80. The number of hydrogen-bond donors (Lipinski definition) is 2. The van der Waals surface area contributed by atoms with Gasteiger partial charge in [-0.1, -0.05) is 0 Å². The monoisotopic (exact) mass is 545 g/mol. The number of nitrogens with zero attached hydrogens (tertiary/aromatic N) is 6. The van der Waals surface area contributed by atoms with Crippen LogP contribution in [-0.2, 0) is 13.6 Å². The van der Waals surface area contributed by atoms with Crippen LogP contribution in [0.3, 0.4) is 0 Å². The molecule has 3 aromatic heterocycles. The van der Waals surface area contributed by atoms with Gasteiger partial charge in [-0.05, 0) is 19.1 Å². The zero-order valence-corrected chi connectivity index (χ0v) is 21.5.